The Hall–Kier alpha value is -4.32. The maximum atomic E-state index is 14.1. The number of carbonyl (C=O) groups is 1. The second-order valence-corrected chi connectivity index (χ2v) is 9.99. The van der Waals surface area contributed by atoms with Crippen LogP contribution in [0.1, 0.15) is 46.7 Å². The Morgan fingerprint density at radius 2 is 1.79 bits per heavy atom. The van der Waals surface area contributed by atoms with Crippen molar-refractivity contribution < 1.29 is 23.4 Å². The van der Waals surface area contributed by atoms with Crippen LogP contribution in [0.3, 0.4) is 0 Å². The number of aryl methyl sites for hydroxylation is 1. The molecule has 0 spiro atoms. The van der Waals surface area contributed by atoms with Gasteiger partial charge in [-0.1, -0.05) is 24.3 Å². The summed E-state index contributed by atoms with van der Waals surface area (Å²) < 4.78 is 33.5. The number of allylic oxidation sites excluding steroid dienone is 2. The van der Waals surface area contributed by atoms with Gasteiger partial charge in [0, 0.05) is 36.6 Å². The van der Waals surface area contributed by atoms with E-state index in [9.17, 15) is 18.7 Å². The molecule has 0 saturated heterocycles. The standard InChI is InChI=1S/C33H29F2NO3/c1-20-12-29(39-2)9-10-30(20)31-4-3-11-36-33(31)24(13-21-14-25(34)18-26(35)15-21)17-28(38)16-23-6-5-22-7-8-27(37)19-32(22)23/h3-4,6-12,14-15,18-19,24,37H,5,13,16-17H2,1-2H3. The molecule has 0 fully saturated rings. The molecule has 39 heavy (non-hydrogen) atoms. The molecule has 4 nitrogen and oxygen atoms in total. The van der Waals surface area contributed by atoms with E-state index in [2.05, 4.69) is 0 Å². The van der Waals surface area contributed by atoms with Crippen LogP contribution in [0, 0.1) is 18.6 Å². The number of ketones is 1. The van der Waals surface area contributed by atoms with Crippen LogP contribution in [0.2, 0.25) is 0 Å². The quantitative estimate of drug-likeness (QED) is 0.248. The number of methoxy groups -OCH3 is 1. The minimum absolute atomic E-state index is 0.0117. The Morgan fingerprint density at radius 1 is 1.00 bits per heavy atom. The Bertz CT molecular complexity index is 1560. The number of fused-ring (bicyclic) bond motifs is 1. The number of halogens is 2. The largest absolute Gasteiger partial charge is 0.508 e. The Balaban J connectivity index is 1.49. The molecule has 1 aliphatic rings. The number of pyridine rings is 1. The summed E-state index contributed by atoms with van der Waals surface area (Å²) >= 11 is 0. The van der Waals surface area contributed by atoms with Crippen molar-refractivity contribution in [2.75, 3.05) is 7.11 Å². The van der Waals surface area contributed by atoms with Gasteiger partial charge in [0.15, 0.2) is 0 Å². The van der Waals surface area contributed by atoms with Crippen LogP contribution in [-0.2, 0) is 17.6 Å². The highest BCUT2D eigenvalue weighted by molar-refractivity contribution is 5.92. The van der Waals surface area contributed by atoms with Crippen molar-refractivity contribution >= 4 is 11.4 Å². The molecule has 0 bridgehead atoms. The van der Waals surface area contributed by atoms with E-state index in [0.29, 0.717) is 17.7 Å². The van der Waals surface area contributed by atoms with Crippen molar-refractivity contribution in [3.05, 3.63) is 119 Å². The van der Waals surface area contributed by atoms with E-state index in [1.807, 2.05) is 49.4 Å². The summed E-state index contributed by atoms with van der Waals surface area (Å²) in [5.74, 6) is -0.845. The summed E-state index contributed by atoms with van der Waals surface area (Å²) in [7, 11) is 1.61. The number of ether oxygens (including phenoxy) is 1. The minimum atomic E-state index is -0.658. The molecule has 198 valence electrons. The fraction of sp³-hybridized carbons (Fsp3) is 0.212. The molecule has 0 radical (unpaired) electrons. The topological polar surface area (TPSA) is 59.4 Å². The zero-order chi connectivity index (χ0) is 27.5. The average molecular weight is 526 g/mol. The molecular weight excluding hydrogens is 496 g/mol. The first-order chi connectivity index (χ1) is 18.8. The van der Waals surface area contributed by atoms with E-state index in [4.69, 9.17) is 9.72 Å². The van der Waals surface area contributed by atoms with E-state index in [1.165, 1.54) is 12.1 Å². The van der Waals surface area contributed by atoms with E-state index in [1.54, 1.807) is 25.4 Å². The van der Waals surface area contributed by atoms with Gasteiger partial charge in [0.25, 0.3) is 0 Å². The fourth-order valence-corrected chi connectivity index (χ4v) is 5.43. The highest BCUT2D eigenvalue weighted by atomic mass is 19.1. The first-order valence-corrected chi connectivity index (χ1v) is 12.9. The molecule has 1 atom stereocenters. The van der Waals surface area contributed by atoms with E-state index in [0.717, 1.165) is 45.2 Å². The zero-order valence-electron chi connectivity index (χ0n) is 21.9. The number of aromatic hydroxyl groups is 1. The highest BCUT2D eigenvalue weighted by Gasteiger charge is 2.25. The Kier molecular flexibility index (Phi) is 7.55. The van der Waals surface area contributed by atoms with Crippen LogP contribution in [0.25, 0.3) is 16.7 Å². The molecule has 1 N–H and O–H groups in total. The van der Waals surface area contributed by atoms with Crippen molar-refractivity contribution in [2.24, 2.45) is 0 Å². The van der Waals surface area contributed by atoms with Gasteiger partial charge >= 0.3 is 0 Å². The lowest BCUT2D eigenvalue weighted by Gasteiger charge is -2.21. The molecule has 0 amide bonds. The summed E-state index contributed by atoms with van der Waals surface area (Å²) in [6.07, 6.45) is 5.00. The summed E-state index contributed by atoms with van der Waals surface area (Å²) in [5.41, 5.74) is 6.80. The van der Waals surface area contributed by atoms with Crippen LogP contribution in [-0.4, -0.2) is 23.0 Å². The maximum Gasteiger partial charge on any atom is 0.137 e. The van der Waals surface area contributed by atoms with Gasteiger partial charge in [-0.15, -0.1) is 0 Å². The Morgan fingerprint density at radius 3 is 2.54 bits per heavy atom. The fourth-order valence-electron chi connectivity index (χ4n) is 5.43. The molecule has 1 heterocycles. The van der Waals surface area contributed by atoms with Crippen LogP contribution in [0.4, 0.5) is 8.78 Å². The van der Waals surface area contributed by atoms with E-state index >= 15 is 0 Å². The number of rotatable bonds is 9. The van der Waals surface area contributed by atoms with E-state index < -0.39 is 17.6 Å². The predicted octanol–water partition coefficient (Wildman–Crippen LogP) is 7.36. The van der Waals surface area contributed by atoms with Crippen LogP contribution in [0.5, 0.6) is 11.5 Å². The highest BCUT2D eigenvalue weighted by Crippen LogP contribution is 2.37. The molecule has 6 heteroatoms. The number of benzene rings is 3. The third kappa shape index (κ3) is 5.90. The lowest BCUT2D eigenvalue weighted by atomic mass is 9.85. The third-order valence-corrected chi connectivity index (χ3v) is 7.22. The number of nitrogens with zero attached hydrogens (tertiary/aromatic N) is 1. The molecule has 5 rings (SSSR count). The summed E-state index contributed by atoms with van der Waals surface area (Å²) in [6.45, 7) is 1.98. The second-order valence-electron chi connectivity index (χ2n) is 9.99. The van der Waals surface area contributed by atoms with Gasteiger partial charge in [0.05, 0.1) is 12.8 Å². The first-order valence-electron chi connectivity index (χ1n) is 12.9. The number of hydrogen-bond donors (Lipinski definition) is 1. The number of Topliss-reactive ketones (excluding diaryl/α,β-unsaturated/α-hetero) is 1. The van der Waals surface area contributed by atoms with Gasteiger partial charge < -0.3 is 9.84 Å². The lowest BCUT2D eigenvalue weighted by Crippen LogP contribution is -2.13. The number of phenols is 1. The maximum absolute atomic E-state index is 14.1. The normalized spacial score (nSPS) is 13.1. The Labute approximate surface area is 226 Å². The summed E-state index contributed by atoms with van der Waals surface area (Å²) in [4.78, 5) is 18.2. The van der Waals surface area contributed by atoms with Crippen LogP contribution >= 0.6 is 0 Å². The van der Waals surface area contributed by atoms with Crippen LogP contribution < -0.4 is 4.74 Å². The third-order valence-electron chi connectivity index (χ3n) is 7.22. The van der Waals surface area contributed by atoms with Gasteiger partial charge in [-0.2, -0.15) is 0 Å². The smallest absolute Gasteiger partial charge is 0.137 e. The molecule has 1 aromatic heterocycles. The van der Waals surface area contributed by atoms with Crippen molar-refractivity contribution in [1.29, 1.82) is 0 Å². The number of hydrogen-bond acceptors (Lipinski definition) is 4. The predicted molar refractivity (Wildman–Crippen MR) is 148 cm³/mol. The molecule has 1 unspecified atom stereocenters. The first kappa shape index (κ1) is 26.3. The number of carbonyl (C=O) groups excluding carboxylic acids is 1. The SMILES string of the molecule is COc1ccc(-c2cccnc2C(CC(=O)CC2=CCc3ccc(O)cc32)Cc2cc(F)cc(F)c2)c(C)c1. The van der Waals surface area contributed by atoms with Crippen molar-refractivity contribution in [2.45, 2.75) is 38.5 Å². The van der Waals surface area contributed by atoms with Crippen molar-refractivity contribution in [3.63, 3.8) is 0 Å². The molecule has 3 aromatic carbocycles. The molecule has 1 aliphatic carbocycles. The monoisotopic (exact) mass is 525 g/mol. The minimum Gasteiger partial charge on any atom is -0.508 e. The van der Waals surface area contributed by atoms with Gasteiger partial charge in [0.2, 0.25) is 0 Å². The van der Waals surface area contributed by atoms with Gasteiger partial charge in [-0.25, -0.2) is 8.78 Å². The van der Waals surface area contributed by atoms with Gasteiger partial charge in [-0.05, 0) is 95.6 Å². The molecule has 0 saturated carbocycles. The van der Waals surface area contributed by atoms with Gasteiger partial charge in [-0.3, -0.25) is 9.78 Å². The molecular formula is C33H29F2NO3. The average Bonchev–Trinajstić information content (AvgIpc) is 3.29. The van der Waals surface area contributed by atoms with Gasteiger partial charge in [0.1, 0.15) is 28.9 Å². The number of aromatic nitrogens is 1. The molecule has 0 aliphatic heterocycles. The lowest BCUT2D eigenvalue weighted by molar-refractivity contribution is -0.118. The summed E-state index contributed by atoms with van der Waals surface area (Å²) in [5, 5.41) is 9.96. The zero-order valence-corrected chi connectivity index (χ0v) is 21.9. The number of phenolic OH excluding ortho intramolecular Hbond substituents is 1. The molecule has 4 aromatic rings. The van der Waals surface area contributed by atoms with Crippen molar-refractivity contribution in [1.82, 2.24) is 4.98 Å². The second kappa shape index (κ2) is 11.2. The summed E-state index contributed by atoms with van der Waals surface area (Å²) in [6, 6.07) is 18.2. The van der Waals surface area contributed by atoms with Crippen LogP contribution in [0.15, 0.2) is 79.0 Å². The van der Waals surface area contributed by atoms with E-state index in [-0.39, 0.29) is 30.8 Å². The van der Waals surface area contributed by atoms with Crippen molar-refractivity contribution in [3.8, 4) is 22.6 Å².